The number of amides is 1. The Morgan fingerprint density at radius 1 is 1.29 bits per heavy atom. The lowest BCUT2D eigenvalue weighted by Crippen LogP contribution is -2.39. The first-order valence-electron chi connectivity index (χ1n) is 7.55. The van der Waals surface area contributed by atoms with Crippen LogP contribution in [-0.4, -0.2) is 55.4 Å². The van der Waals surface area contributed by atoms with E-state index in [4.69, 9.17) is 4.74 Å². The number of carbonyl (C=O) groups is 1. The number of thiol groups is 1. The fraction of sp³-hybridized carbons (Fsp3) is 0.562. The number of hydrogen-bond donors (Lipinski definition) is 2. The Hall–Kier alpha value is -1.04. The number of nitrogens with one attached hydrogen (secondary N) is 1. The highest BCUT2D eigenvalue weighted by Crippen LogP contribution is 2.07. The molecule has 1 amide bonds. The van der Waals surface area contributed by atoms with E-state index < -0.39 is 0 Å². The number of nitrogens with zero attached hydrogens (tertiary/aromatic N) is 1. The van der Waals surface area contributed by atoms with Crippen LogP contribution in [0.5, 0.6) is 0 Å². The van der Waals surface area contributed by atoms with Gasteiger partial charge in [0.05, 0.1) is 18.5 Å². The molecule has 0 aliphatic carbocycles. The number of rotatable bonds is 7. The Bertz CT molecular complexity index is 422. The predicted molar refractivity (Wildman–Crippen MR) is 87.8 cm³/mol. The van der Waals surface area contributed by atoms with Crippen LogP contribution in [-0.2, 0) is 16.0 Å². The van der Waals surface area contributed by atoms with E-state index >= 15 is 0 Å². The van der Waals surface area contributed by atoms with Crippen LogP contribution in [0.1, 0.15) is 12.0 Å². The Morgan fingerprint density at radius 3 is 2.71 bits per heavy atom. The van der Waals surface area contributed by atoms with Crippen molar-refractivity contribution in [1.29, 1.82) is 0 Å². The minimum atomic E-state index is -0.282. The van der Waals surface area contributed by atoms with Crippen molar-refractivity contribution in [2.45, 2.75) is 18.1 Å². The highest BCUT2D eigenvalue weighted by molar-refractivity contribution is 7.81. The minimum Gasteiger partial charge on any atom is -0.379 e. The maximum atomic E-state index is 12.0. The number of carbonyl (C=O) groups excluding carboxylic acids is 1. The van der Waals surface area contributed by atoms with E-state index in [1.165, 1.54) is 0 Å². The fourth-order valence-electron chi connectivity index (χ4n) is 2.39. The van der Waals surface area contributed by atoms with Crippen molar-refractivity contribution in [3.8, 4) is 0 Å². The molecule has 116 valence electrons. The van der Waals surface area contributed by atoms with Crippen LogP contribution in [0.4, 0.5) is 0 Å². The van der Waals surface area contributed by atoms with Gasteiger partial charge in [0, 0.05) is 19.6 Å². The topological polar surface area (TPSA) is 41.6 Å². The molecule has 1 unspecified atom stereocenters. The maximum Gasteiger partial charge on any atom is 0.233 e. The van der Waals surface area contributed by atoms with Gasteiger partial charge in [-0.3, -0.25) is 9.69 Å². The van der Waals surface area contributed by atoms with Crippen LogP contribution in [0.3, 0.4) is 0 Å². The molecule has 0 radical (unpaired) electrons. The van der Waals surface area contributed by atoms with Gasteiger partial charge in [-0.25, -0.2) is 0 Å². The molecule has 21 heavy (non-hydrogen) atoms. The number of benzene rings is 1. The molecule has 0 saturated carbocycles. The maximum absolute atomic E-state index is 12.0. The lowest BCUT2D eigenvalue weighted by atomic mass is 10.1. The molecular formula is C16H24N2O2S. The first kappa shape index (κ1) is 16.3. The van der Waals surface area contributed by atoms with Crippen LogP contribution in [0.15, 0.2) is 30.3 Å². The van der Waals surface area contributed by atoms with Crippen LogP contribution < -0.4 is 5.32 Å². The van der Waals surface area contributed by atoms with Gasteiger partial charge in [-0.15, -0.1) is 0 Å². The van der Waals surface area contributed by atoms with Crippen molar-refractivity contribution < 1.29 is 9.53 Å². The molecule has 0 bridgehead atoms. The molecule has 0 aromatic heterocycles. The second-order valence-corrected chi connectivity index (χ2v) is 5.93. The zero-order valence-corrected chi connectivity index (χ0v) is 13.2. The van der Waals surface area contributed by atoms with Gasteiger partial charge in [0.25, 0.3) is 0 Å². The molecule has 5 heteroatoms. The molecular weight excluding hydrogens is 284 g/mol. The van der Waals surface area contributed by atoms with E-state index in [1.54, 1.807) is 0 Å². The summed E-state index contributed by atoms with van der Waals surface area (Å²) in [4.78, 5) is 14.4. The molecule has 1 saturated heterocycles. The van der Waals surface area contributed by atoms with Crippen molar-refractivity contribution in [3.63, 3.8) is 0 Å². The number of hydrogen-bond acceptors (Lipinski definition) is 4. The molecule has 4 nitrogen and oxygen atoms in total. The lowest BCUT2D eigenvalue weighted by Gasteiger charge is -2.26. The normalized spacial score (nSPS) is 17.4. The van der Waals surface area contributed by atoms with Gasteiger partial charge in [0.1, 0.15) is 0 Å². The van der Waals surface area contributed by atoms with E-state index in [0.29, 0.717) is 13.0 Å². The predicted octanol–water partition coefficient (Wildman–Crippen LogP) is 1.37. The first-order valence-corrected chi connectivity index (χ1v) is 8.07. The average molecular weight is 308 g/mol. The van der Waals surface area contributed by atoms with Gasteiger partial charge in [-0.05, 0) is 24.9 Å². The van der Waals surface area contributed by atoms with Crippen molar-refractivity contribution in [2.24, 2.45) is 0 Å². The highest BCUT2D eigenvalue weighted by atomic mass is 32.1. The first-order chi connectivity index (χ1) is 10.3. The molecule has 1 aliphatic heterocycles. The Labute approximate surface area is 132 Å². The Balaban J connectivity index is 1.60. The average Bonchev–Trinajstić information content (AvgIpc) is 2.53. The Morgan fingerprint density at radius 2 is 2.00 bits per heavy atom. The highest BCUT2D eigenvalue weighted by Gasteiger charge is 2.14. The van der Waals surface area contributed by atoms with Gasteiger partial charge in [-0.2, -0.15) is 12.6 Å². The summed E-state index contributed by atoms with van der Waals surface area (Å²) in [7, 11) is 0. The van der Waals surface area contributed by atoms with E-state index in [2.05, 4.69) is 22.8 Å². The van der Waals surface area contributed by atoms with Gasteiger partial charge in [-0.1, -0.05) is 30.3 Å². The molecule has 0 spiro atoms. The SMILES string of the molecule is O=C(NCCCN1CCOCC1)C(S)Cc1ccccc1. The quantitative estimate of drug-likeness (QED) is 0.590. The van der Waals surface area contributed by atoms with Crippen LogP contribution in [0.2, 0.25) is 0 Å². The monoisotopic (exact) mass is 308 g/mol. The zero-order chi connectivity index (χ0) is 14.9. The molecule has 1 aromatic carbocycles. The summed E-state index contributed by atoms with van der Waals surface area (Å²) < 4.78 is 5.31. The van der Waals surface area contributed by atoms with E-state index in [-0.39, 0.29) is 11.2 Å². The molecule has 2 rings (SSSR count). The van der Waals surface area contributed by atoms with Gasteiger partial charge < -0.3 is 10.1 Å². The molecule has 1 atom stereocenters. The lowest BCUT2D eigenvalue weighted by molar-refractivity contribution is -0.120. The van der Waals surface area contributed by atoms with Gasteiger partial charge in [0.2, 0.25) is 5.91 Å². The molecule has 1 heterocycles. The van der Waals surface area contributed by atoms with Crippen LogP contribution >= 0.6 is 12.6 Å². The third kappa shape index (κ3) is 6.08. The van der Waals surface area contributed by atoms with Crippen molar-refractivity contribution >= 4 is 18.5 Å². The minimum absolute atomic E-state index is 0.0177. The van der Waals surface area contributed by atoms with E-state index in [0.717, 1.165) is 44.8 Å². The third-order valence-electron chi connectivity index (χ3n) is 3.63. The number of ether oxygens (including phenoxy) is 1. The van der Waals surface area contributed by atoms with E-state index in [1.807, 2.05) is 30.3 Å². The Kier molecular flexibility index (Phi) is 7.06. The summed E-state index contributed by atoms with van der Waals surface area (Å²) in [5.41, 5.74) is 1.14. The smallest absolute Gasteiger partial charge is 0.233 e. The van der Waals surface area contributed by atoms with Crippen molar-refractivity contribution in [1.82, 2.24) is 10.2 Å². The van der Waals surface area contributed by atoms with Crippen molar-refractivity contribution in [2.75, 3.05) is 39.4 Å². The molecule has 1 aliphatic rings. The third-order valence-corrected chi connectivity index (χ3v) is 4.05. The summed E-state index contributed by atoms with van der Waals surface area (Å²) in [5.74, 6) is 0.0177. The summed E-state index contributed by atoms with van der Waals surface area (Å²) in [5, 5.41) is 2.69. The summed E-state index contributed by atoms with van der Waals surface area (Å²) in [6.07, 6.45) is 1.64. The van der Waals surface area contributed by atoms with Crippen LogP contribution in [0.25, 0.3) is 0 Å². The fourth-order valence-corrected chi connectivity index (χ4v) is 2.69. The molecule has 1 N–H and O–H groups in total. The van der Waals surface area contributed by atoms with Crippen LogP contribution in [0, 0.1) is 0 Å². The largest absolute Gasteiger partial charge is 0.379 e. The van der Waals surface area contributed by atoms with Crippen molar-refractivity contribution in [3.05, 3.63) is 35.9 Å². The summed E-state index contributed by atoms with van der Waals surface area (Å²) in [6, 6.07) is 9.98. The molecule has 1 aromatic rings. The molecule has 1 fully saturated rings. The van der Waals surface area contributed by atoms with Gasteiger partial charge in [0.15, 0.2) is 0 Å². The standard InChI is InChI=1S/C16H24N2O2S/c19-16(15(21)13-14-5-2-1-3-6-14)17-7-4-8-18-9-11-20-12-10-18/h1-3,5-6,15,21H,4,7-13H2,(H,17,19). The zero-order valence-electron chi connectivity index (χ0n) is 12.3. The second-order valence-electron chi connectivity index (χ2n) is 5.30. The number of morpholine rings is 1. The second kappa shape index (κ2) is 9.07. The van der Waals surface area contributed by atoms with E-state index in [9.17, 15) is 4.79 Å². The summed E-state index contributed by atoms with van der Waals surface area (Å²) in [6.45, 7) is 5.36. The van der Waals surface area contributed by atoms with Gasteiger partial charge >= 0.3 is 0 Å². The summed E-state index contributed by atoms with van der Waals surface area (Å²) >= 11 is 4.40.